The van der Waals surface area contributed by atoms with Crippen LogP contribution in [0.2, 0.25) is 0 Å². The van der Waals surface area contributed by atoms with Crippen LogP contribution in [0.3, 0.4) is 0 Å². The molecule has 0 fully saturated rings. The molecule has 2 N–H and O–H groups in total. The van der Waals surface area contributed by atoms with Crippen LogP contribution in [0.1, 0.15) is 20.3 Å². The summed E-state index contributed by atoms with van der Waals surface area (Å²) in [5.41, 5.74) is 5.46. The van der Waals surface area contributed by atoms with Crippen molar-refractivity contribution in [3.8, 4) is 0 Å². The highest BCUT2D eigenvalue weighted by Gasteiger charge is 2.26. The van der Waals surface area contributed by atoms with Crippen LogP contribution < -0.4 is 5.73 Å². The molecular formula is C6H12INO2S. The molecule has 0 saturated carbocycles. The predicted octanol–water partition coefficient (Wildman–Crippen LogP) is 1.70. The van der Waals surface area contributed by atoms with Crippen molar-refractivity contribution in [1.29, 1.82) is 0 Å². The number of halogens is 1. The van der Waals surface area contributed by atoms with Crippen molar-refractivity contribution in [3.63, 3.8) is 0 Å². The van der Waals surface area contributed by atoms with Crippen molar-refractivity contribution in [2.75, 3.05) is 5.75 Å². The van der Waals surface area contributed by atoms with E-state index in [1.54, 1.807) is 6.92 Å². The first-order valence-electron chi connectivity index (χ1n) is 3.30. The topological polar surface area (TPSA) is 52.3 Å². The fraction of sp³-hybridized carbons (Fsp3) is 0.833. The average molecular weight is 289 g/mol. The number of nitrogens with two attached hydrogens (primary N) is 1. The van der Waals surface area contributed by atoms with Crippen LogP contribution in [0.25, 0.3) is 0 Å². The van der Waals surface area contributed by atoms with Gasteiger partial charge in [0.1, 0.15) is 0 Å². The second-order valence-electron chi connectivity index (χ2n) is 2.27. The summed E-state index contributed by atoms with van der Waals surface area (Å²) in [5.74, 6) is 0.440. The third kappa shape index (κ3) is 5.75. The van der Waals surface area contributed by atoms with Gasteiger partial charge in [0.15, 0.2) is 3.55 Å². The molecule has 0 spiro atoms. The minimum atomic E-state index is -0.904. The van der Waals surface area contributed by atoms with Crippen molar-refractivity contribution in [2.24, 2.45) is 5.73 Å². The zero-order valence-corrected chi connectivity index (χ0v) is 9.57. The van der Waals surface area contributed by atoms with Crippen LogP contribution in [0.4, 0.5) is 0 Å². The van der Waals surface area contributed by atoms with Crippen molar-refractivity contribution >= 4 is 40.6 Å². The Morgan fingerprint density at radius 2 is 2.36 bits per heavy atom. The maximum atomic E-state index is 11.0. The Labute approximate surface area is 84.8 Å². The molecule has 0 saturated heterocycles. The van der Waals surface area contributed by atoms with Gasteiger partial charge in [-0.25, -0.2) is 4.79 Å². The summed E-state index contributed by atoms with van der Waals surface area (Å²) < 4.78 is 3.89. The molecule has 0 radical (unpaired) electrons. The molecule has 11 heavy (non-hydrogen) atoms. The highest BCUT2D eigenvalue weighted by atomic mass is 127. The van der Waals surface area contributed by atoms with E-state index < -0.39 is 3.55 Å². The number of hydrogen-bond donors (Lipinski definition) is 1. The van der Waals surface area contributed by atoms with Crippen LogP contribution in [0.5, 0.6) is 0 Å². The van der Waals surface area contributed by atoms with Gasteiger partial charge in [0, 0.05) is 5.75 Å². The molecule has 0 aliphatic rings. The Morgan fingerprint density at radius 3 is 2.73 bits per heavy atom. The summed E-state index contributed by atoms with van der Waals surface area (Å²) in [6, 6.07) is 0. The molecule has 3 nitrogen and oxygen atoms in total. The van der Waals surface area contributed by atoms with Gasteiger partial charge in [-0.1, -0.05) is 6.92 Å². The third-order valence-electron chi connectivity index (χ3n) is 0.821. The lowest BCUT2D eigenvalue weighted by Gasteiger charge is -2.12. The summed E-state index contributed by atoms with van der Waals surface area (Å²) in [6.45, 7) is 3.63. The van der Waals surface area contributed by atoms with E-state index in [9.17, 15) is 4.79 Å². The first-order chi connectivity index (χ1) is 4.98. The highest BCUT2D eigenvalue weighted by Crippen LogP contribution is 2.16. The molecule has 0 aromatic carbocycles. The van der Waals surface area contributed by atoms with E-state index in [0.29, 0.717) is 0 Å². The monoisotopic (exact) mass is 289 g/mol. The largest absolute Gasteiger partial charge is 0.389 e. The van der Waals surface area contributed by atoms with E-state index in [4.69, 9.17) is 9.92 Å². The van der Waals surface area contributed by atoms with Gasteiger partial charge >= 0.3 is 5.97 Å². The summed E-state index contributed by atoms with van der Waals surface area (Å²) in [7, 11) is 0. The van der Waals surface area contributed by atoms with E-state index >= 15 is 0 Å². The molecule has 0 rings (SSSR count). The maximum Gasteiger partial charge on any atom is 0.348 e. The number of hydrogen-bond acceptors (Lipinski definition) is 4. The van der Waals surface area contributed by atoms with Gasteiger partial charge in [0.2, 0.25) is 0 Å². The molecule has 1 unspecified atom stereocenters. The quantitative estimate of drug-likeness (QED) is 0.281. The molecule has 0 heterocycles. The molecule has 5 heteroatoms. The van der Waals surface area contributed by atoms with E-state index in [1.165, 1.54) is 0 Å². The van der Waals surface area contributed by atoms with Crippen LogP contribution >= 0.6 is 34.6 Å². The van der Waals surface area contributed by atoms with Crippen LogP contribution in [-0.2, 0) is 8.98 Å². The normalized spacial score (nSPS) is 15.6. The number of carbonyl (C=O) groups is 1. The van der Waals surface area contributed by atoms with Crippen LogP contribution in [-0.4, -0.2) is 15.3 Å². The number of carbonyl (C=O) groups excluding carboxylic acids is 1. The smallest absolute Gasteiger partial charge is 0.348 e. The van der Waals surface area contributed by atoms with Crippen molar-refractivity contribution < 1.29 is 8.98 Å². The molecule has 0 aliphatic heterocycles. The lowest BCUT2D eigenvalue weighted by molar-refractivity contribution is -0.134. The molecule has 0 aliphatic carbocycles. The highest BCUT2D eigenvalue weighted by molar-refractivity contribution is 14.1. The number of rotatable bonds is 4. The Kier molecular flexibility index (Phi) is 5.45. The van der Waals surface area contributed by atoms with Gasteiger partial charge < -0.3 is 9.92 Å². The summed E-state index contributed by atoms with van der Waals surface area (Å²) >= 11 is 3.00. The van der Waals surface area contributed by atoms with Crippen molar-refractivity contribution in [2.45, 2.75) is 23.8 Å². The zero-order chi connectivity index (χ0) is 8.91. The molecule has 0 aromatic rings. The summed E-state index contributed by atoms with van der Waals surface area (Å²) in [4.78, 5) is 11.0. The zero-order valence-electron chi connectivity index (χ0n) is 6.59. The van der Waals surface area contributed by atoms with E-state index in [1.807, 2.05) is 29.5 Å². The van der Waals surface area contributed by atoms with Gasteiger partial charge in [-0.15, -0.1) is 0 Å². The minimum absolute atomic E-state index is 0.378. The second-order valence-corrected chi connectivity index (χ2v) is 5.32. The Hall–Kier alpha value is 0.510. The Morgan fingerprint density at radius 1 is 1.82 bits per heavy atom. The fourth-order valence-corrected chi connectivity index (χ4v) is 1.05. The van der Waals surface area contributed by atoms with E-state index in [2.05, 4.69) is 0 Å². The van der Waals surface area contributed by atoms with E-state index in [0.717, 1.165) is 24.2 Å². The van der Waals surface area contributed by atoms with Gasteiger partial charge in [-0.2, -0.15) is 0 Å². The third-order valence-corrected chi connectivity index (χ3v) is 2.11. The summed E-state index contributed by atoms with van der Waals surface area (Å²) in [6.07, 6.45) is 0.987. The van der Waals surface area contributed by atoms with Crippen LogP contribution in [0, 0.1) is 0 Å². The molecular weight excluding hydrogens is 277 g/mol. The Balaban J connectivity index is 3.54. The second kappa shape index (κ2) is 5.21. The first kappa shape index (κ1) is 11.5. The van der Waals surface area contributed by atoms with Gasteiger partial charge in [-0.3, -0.25) is 0 Å². The summed E-state index contributed by atoms with van der Waals surface area (Å²) in [5, 5.41) is 0. The maximum absolute atomic E-state index is 11.0. The molecule has 0 amide bonds. The lowest BCUT2D eigenvalue weighted by atomic mass is 10.4. The molecule has 1 atom stereocenters. The van der Waals surface area contributed by atoms with Crippen molar-refractivity contribution in [1.82, 2.24) is 0 Å². The van der Waals surface area contributed by atoms with Gasteiger partial charge in [-0.05, 0) is 35.9 Å². The lowest BCUT2D eigenvalue weighted by Crippen LogP contribution is -2.38. The molecule has 0 aromatic heterocycles. The minimum Gasteiger partial charge on any atom is -0.389 e. The molecule has 0 bridgehead atoms. The number of alkyl halides is 1. The SMILES string of the molecule is CCCSOC(=O)C(C)(N)I. The average Bonchev–Trinajstić information content (AvgIpc) is 1.86. The van der Waals surface area contributed by atoms with Gasteiger partial charge in [0.25, 0.3) is 0 Å². The molecule has 66 valence electrons. The van der Waals surface area contributed by atoms with Crippen molar-refractivity contribution in [3.05, 3.63) is 0 Å². The fourth-order valence-electron chi connectivity index (χ4n) is 0.260. The van der Waals surface area contributed by atoms with Crippen LogP contribution in [0.15, 0.2) is 0 Å². The van der Waals surface area contributed by atoms with E-state index in [-0.39, 0.29) is 5.97 Å². The van der Waals surface area contributed by atoms with Gasteiger partial charge in [0.05, 0.1) is 12.0 Å². The predicted molar refractivity (Wildman–Crippen MR) is 55.5 cm³/mol. The first-order valence-corrected chi connectivity index (χ1v) is 5.29. The Bertz CT molecular complexity index is 135. The standard InChI is InChI=1S/C6H12INO2S/c1-3-4-11-10-5(9)6(2,7)8/h3-4,8H2,1-2H3.